The smallest absolute Gasteiger partial charge is 0.331 e. The van der Waals surface area contributed by atoms with E-state index in [2.05, 4.69) is 6.92 Å². The highest BCUT2D eigenvalue weighted by molar-refractivity contribution is 6.04. The predicted octanol–water partition coefficient (Wildman–Crippen LogP) is 2.96. The quantitative estimate of drug-likeness (QED) is 0.199. The van der Waals surface area contributed by atoms with Crippen molar-refractivity contribution in [1.82, 2.24) is 0 Å². The first-order valence-corrected chi connectivity index (χ1v) is 13.4. The molecule has 38 heavy (non-hydrogen) atoms. The normalized spacial score (nSPS) is 41.1. The Bertz CT molecular complexity index is 1140. The Morgan fingerprint density at radius 1 is 1.18 bits per heavy atom. The zero-order valence-electron chi connectivity index (χ0n) is 23.1. The van der Waals surface area contributed by atoms with Crippen LogP contribution in [0, 0.1) is 29.1 Å². The van der Waals surface area contributed by atoms with Crippen molar-refractivity contribution in [1.29, 1.82) is 0 Å². The number of hydrogen-bond acceptors (Lipinski definition) is 8. The van der Waals surface area contributed by atoms with Crippen molar-refractivity contribution in [2.24, 2.45) is 29.1 Å². The van der Waals surface area contributed by atoms with Gasteiger partial charge < -0.3 is 24.8 Å². The van der Waals surface area contributed by atoms with Crippen molar-refractivity contribution in [2.75, 3.05) is 6.61 Å². The first-order chi connectivity index (χ1) is 17.7. The van der Waals surface area contributed by atoms with E-state index in [1.807, 2.05) is 19.9 Å². The molecule has 0 unspecified atom stereocenters. The van der Waals surface area contributed by atoms with E-state index >= 15 is 0 Å². The third kappa shape index (κ3) is 3.87. The summed E-state index contributed by atoms with van der Waals surface area (Å²) in [6.45, 7) is 10.0. The van der Waals surface area contributed by atoms with Crippen LogP contribution in [0.5, 0.6) is 0 Å². The van der Waals surface area contributed by atoms with Crippen molar-refractivity contribution in [3.63, 3.8) is 0 Å². The second-order valence-electron chi connectivity index (χ2n) is 12.0. The minimum Gasteiger partial charge on any atom is -0.455 e. The van der Waals surface area contributed by atoms with E-state index in [1.54, 1.807) is 38.2 Å². The minimum absolute atomic E-state index is 0.128. The van der Waals surface area contributed by atoms with E-state index in [9.17, 15) is 29.7 Å². The summed E-state index contributed by atoms with van der Waals surface area (Å²) in [5, 5.41) is 34.5. The molecule has 0 amide bonds. The number of esters is 2. The van der Waals surface area contributed by atoms with Crippen molar-refractivity contribution >= 4 is 17.7 Å². The fourth-order valence-corrected chi connectivity index (χ4v) is 7.70. The Morgan fingerprint density at radius 3 is 2.47 bits per heavy atom. The van der Waals surface area contributed by atoms with Crippen LogP contribution >= 0.6 is 0 Å². The monoisotopic (exact) mass is 528 g/mol. The lowest BCUT2D eigenvalue weighted by Gasteiger charge is -2.53. The van der Waals surface area contributed by atoms with Crippen LogP contribution in [0.3, 0.4) is 0 Å². The Kier molecular flexibility index (Phi) is 7.17. The van der Waals surface area contributed by atoms with Gasteiger partial charge in [-0.2, -0.15) is 0 Å². The summed E-state index contributed by atoms with van der Waals surface area (Å²) in [4.78, 5) is 38.6. The van der Waals surface area contributed by atoms with Crippen molar-refractivity contribution in [3.05, 3.63) is 47.6 Å². The van der Waals surface area contributed by atoms with Gasteiger partial charge in [-0.05, 0) is 24.5 Å². The van der Waals surface area contributed by atoms with E-state index in [1.165, 1.54) is 13.0 Å². The van der Waals surface area contributed by atoms with Crippen LogP contribution in [0.25, 0.3) is 0 Å². The lowest BCUT2D eigenvalue weighted by molar-refractivity contribution is -0.226. The summed E-state index contributed by atoms with van der Waals surface area (Å²) in [5.74, 6) is -4.74. The van der Waals surface area contributed by atoms with Gasteiger partial charge in [0.25, 0.3) is 0 Å². The number of unbranched alkanes of at least 4 members (excludes halogenated alkanes) is 1. The second kappa shape index (κ2) is 9.57. The molecular weight excluding hydrogens is 488 g/mol. The molecule has 0 spiro atoms. The van der Waals surface area contributed by atoms with Gasteiger partial charge in [0.15, 0.2) is 11.4 Å². The molecule has 4 rings (SSSR count). The highest BCUT2D eigenvalue weighted by atomic mass is 16.6. The lowest BCUT2D eigenvalue weighted by Crippen LogP contribution is -2.66. The van der Waals surface area contributed by atoms with Crippen molar-refractivity contribution < 1.29 is 39.2 Å². The molecule has 8 atom stereocenters. The summed E-state index contributed by atoms with van der Waals surface area (Å²) >= 11 is 0. The van der Waals surface area contributed by atoms with Crippen LogP contribution in [-0.4, -0.2) is 62.6 Å². The van der Waals surface area contributed by atoms with Gasteiger partial charge in [0.2, 0.25) is 0 Å². The predicted molar refractivity (Wildman–Crippen MR) is 139 cm³/mol. The number of fused-ring (bicyclic) bond motifs is 5. The van der Waals surface area contributed by atoms with Gasteiger partial charge in [-0.1, -0.05) is 64.5 Å². The van der Waals surface area contributed by atoms with Crippen molar-refractivity contribution in [2.45, 2.75) is 83.7 Å². The molecule has 0 bridgehead atoms. The molecule has 8 nitrogen and oxygen atoms in total. The number of ketones is 1. The van der Waals surface area contributed by atoms with Gasteiger partial charge in [-0.15, -0.1) is 0 Å². The molecule has 4 aliphatic carbocycles. The van der Waals surface area contributed by atoms with Crippen LogP contribution in [0.1, 0.15) is 60.8 Å². The molecule has 3 N–H and O–H groups in total. The van der Waals surface area contributed by atoms with Gasteiger partial charge in [-0.25, -0.2) is 4.79 Å². The number of rotatable bonds is 7. The molecule has 0 aliphatic heterocycles. The number of ether oxygens (including phenoxy) is 2. The fraction of sp³-hybridized carbons (Fsp3) is 0.633. The van der Waals surface area contributed by atoms with Gasteiger partial charge in [-0.3, -0.25) is 9.59 Å². The van der Waals surface area contributed by atoms with E-state index in [4.69, 9.17) is 9.47 Å². The molecule has 0 aromatic heterocycles. The average molecular weight is 529 g/mol. The van der Waals surface area contributed by atoms with Crippen LogP contribution in [0.2, 0.25) is 0 Å². The third-order valence-corrected chi connectivity index (χ3v) is 9.45. The summed E-state index contributed by atoms with van der Waals surface area (Å²) in [6, 6.07) is 0. The molecule has 0 aromatic carbocycles. The zero-order valence-corrected chi connectivity index (χ0v) is 23.1. The third-order valence-electron chi connectivity index (χ3n) is 9.45. The lowest BCUT2D eigenvalue weighted by atomic mass is 9.59. The standard InChI is InChI=1S/C30H40O8/c1-7-8-9-10-11-12-23(33)37-26-18(3)29(36)21(24-27(5,6)30(24,26)38-19(4)32)14-20(16-31)15-28(35)22(29)13-17(2)25(28)34/h9-14,18,21-22,24,26,31,35-36H,7-8,15-16H2,1-6H3/b10-9+,12-11-/t18-,21+,22-,24-,26-,28-,29-,30-/m1/s1. The molecule has 2 saturated carbocycles. The molecule has 0 heterocycles. The fourth-order valence-electron chi connectivity index (χ4n) is 7.70. The summed E-state index contributed by atoms with van der Waals surface area (Å²) in [6.07, 6.45) is 10.6. The number of hydrogen-bond donors (Lipinski definition) is 3. The molecular formula is C30H40O8. The number of carbonyl (C=O) groups is 3. The number of aliphatic hydroxyl groups is 3. The maximum absolute atomic E-state index is 13.2. The van der Waals surface area contributed by atoms with Gasteiger partial charge >= 0.3 is 11.9 Å². The average Bonchev–Trinajstić information content (AvgIpc) is 3.26. The topological polar surface area (TPSA) is 130 Å². The molecule has 2 fully saturated rings. The maximum Gasteiger partial charge on any atom is 0.331 e. The van der Waals surface area contributed by atoms with Gasteiger partial charge in [0, 0.05) is 48.5 Å². The highest BCUT2D eigenvalue weighted by Gasteiger charge is 2.87. The molecule has 4 aliphatic rings. The first-order valence-electron chi connectivity index (χ1n) is 13.4. The Morgan fingerprint density at radius 2 is 1.87 bits per heavy atom. The molecule has 8 heteroatoms. The van der Waals surface area contributed by atoms with Crippen molar-refractivity contribution in [3.8, 4) is 0 Å². The van der Waals surface area contributed by atoms with E-state index in [-0.39, 0.29) is 6.42 Å². The molecule has 0 saturated heterocycles. The summed E-state index contributed by atoms with van der Waals surface area (Å²) in [7, 11) is 0. The SMILES string of the molecule is CCC/C=C/C=C\C(=O)O[C@@H]1[C@@H](C)[C@@]2(O)[C@@H](C=C(CO)C[C@]3(O)C(=O)C(C)=C[C@@H]23)[C@@H]2C(C)(C)[C@]12OC(C)=O. The Hall–Kier alpha value is -2.55. The van der Waals surface area contributed by atoms with E-state index < -0.39 is 76.3 Å². The minimum atomic E-state index is -1.95. The summed E-state index contributed by atoms with van der Waals surface area (Å²) < 4.78 is 12.0. The molecule has 208 valence electrons. The number of aliphatic hydroxyl groups excluding tert-OH is 1. The highest BCUT2D eigenvalue weighted by Crippen LogP contribution is 2.77. The molecule has 0 radical (unpaired) electrons. The second-order valence-corrected chi connectivity index (χ2v) is 12.0. The van der Waals surface area contributed by atoms with Crippen LogP contribution < -0.4 is 0 Å². The maximum atomic E-state index is 13.2. The first kappa shape index (κ1) is 28.5. The number of allylic oxidation sites excluding steroid dienone is 3. The molecule has 0 aromatic rings. The van der Waals surface area contributed by atoms with E-state index in [0.717, 1.165) is 12.8 Å². The summed E-state index contributed by atoms with van der Waals surface area (Å²) in [5.41, 5.74) is -4.89. The largest absolute Gasteiger partial charge is 0.455 e. The van der Waals surface area contributed by atoms with Crippen LogP contribution in [-0.2, 0) is 23.9 Å². The number of Topliss-reactive ketones (excluding diaryl/α,β-unsaturated/α-hetero) is 1. The Balaban J connectivity index is 1.84. The van der Waals surface area contributed by atoms with E-state index in [0.29, 0.717) is 11.1 Å². The Labute approximate surface area is 224 Å². The van der Waals surface area contributed by atoms with Crippen LogP contribution in [0.15, 0.2) is 47.6 Å². The van der Waals surface area contributed by atoms with Crippen LogP contribution in [0.4, 0.5) is 0 Å². The van der Waals surface area contributed by atoms with Gasteiger partial charge in [0.1, 0.15) is 11.7 Å². The van der Waals surface area contributed by atoms with Gasteiger partial charge in [0.05, 0.1) is 12.2 Å². The number of carbonyl (C=O) groups excluding carboxylic acids is 3. The zero-order chi connectivity index (χ0) is 28.3.